The molecule has 2 aromatic rings. The lowest BCUT2D eigenvalue weighted by atomic mass is 9.79. The van der Waals surface area contributed by atoms with Gasteiger partial charge in [0, 0.05) is 5.56 Å². The molecule has 1 aliphatic heterocycles. The second-order valence-electron chi connectivity index (χ2n) is 6.07. The molecule has 2 aromatic carbocycles. The van der Waals surface area contributed by atoms with Crippen LogP contribution < -0.4 is 0 Å². The van der Waals surface area contributed by atoms with Crippen molar-refractivity contribution in [2.24, 2.45) is 0 Å². The van der Waals surface area contributed by atoms with Crippen LogP contribution >= 0.6 is 0 Å². The SMILES string of the molecule is O=C(CN1CCCCC1)c1ccc2c(c1)-c1ccccc1-2. The summed E-state index contributed by atoms with van der Waals surface area (Å²) >= 11 is 0. The fraction of sp³-hybridized carbons (Fsp3) is 0.316. The van der Waals surface area contributed by atoms with Crippen LogP contribution in [-0.4, -0.2) is 30.3 Å². The average Bonchev–Trinajstić information content (AvgIpc) is 2.53. The highest BCUT2D eigenvalue weighted by Crippen LogP contribution is 2.46. The molecule has 0 bridgehead atoms. The number of likely N-dealkylation sites (tertiary alicyclic amines) is 1. The number of piperidine rings is 1. The Hall–Kier alpha value is -1.93. The highest BCUT2D eigenvalue weighted by Gasteiger charge is 2.23. The van der Waals surface area contributed by atoms with E-state index in [4.69, 9.17) is 0 Å². The molecule has 0 radical (unpaired) electrons. The Balaban J connectivity index is 1.54. The van der Waals surface area contributed by atoms with Crippen molar-refractivity contribution in [1.29, 1.82) is 0 Å². The molecule has 2 heteroatoms. The Morgan fingerprint density at radius 2 is 1.52 bits per heavy atom. The van der Waals surface area contributed by atoms with Crippen LogP contribution in [0.4, 0.5) is 0 Å². The molecule has 1 aliphatic carbocycles. The van der Waals surface area contributed by atoms with Gasteiger partial charge in [-0.1, -0.05) is 42.8 Å². The number of carbonyl (C=O) groups is 1. The molecule has 2 nitrogen and oxygen atoms in total. The Bertz CT molecular complexity index is 698. The van der Waals surface area contributed by atoms with Gasteiger partial charge in [0.05, 0.1) is 6.54 Å². The van der Waals surface area contributed by atoms with E-state index in [-0.39, 0.29) is 5.78 Å². The predicted octanol–water partition coefficient (Wildman–Crippen LogP) is 4.00. The van der Waals surface area contributed by atoms with E-state index in [1.165, 1.54) is 41.5 Å². The van der Waals surface area contributed by atoms with Crippen LogP contribution in [0, 0.1) is 0 Å². The first kappa shape index (κ1) is 12.8. The quantitative estimate of drug-likeness (QED) is 0.674. The Morgan fingerprint density at radius 1 is 0.857 bits per heavy atom. The van der Waals surface area contributed by atoms with Crippen molar-refractivity contribution in [1.82, 2.24) is 4.90 Å². The zero-order valence-electron chi connectivity index (χ0n) is 12.1. The standard InChI is InChI=1S/C19H19NO/c21-19(13-20-10-4-1-5-11-20)14-8-9-17-15-6-2-3-7-16(15)18(17)12-14/h2-3,6-9,12H,1,4-5,10-11,13H2. The molecule has 0 atom stereocenters. The number of benzene rings is 2. The largest absolute Gasteiger partial charge is 0.296 e. The van der Waals surface area contributed by atoms with Crippen molar-refractivity contribution in [2.75, 3.05) is 19.6 Å². The minimum atomic E-state index is 0.254. The molecule has 2 aliphatic rings. The van der Waals surface area contributed by atoms with E-state index in [0.29, 0.717) is 6.54 Å². The fourth-order valence-electron chi connectivity index (χ4n) is 3.48. The second kappa shape index (κ2) is 5.12. The zero-order chi connectivity index (χ0) is 14.2. The molecule has 21 heavy (non-hydrogen) atoms. The van der Waals surface area contributed by atoms with Crippen molar-refractivity contribution in [3.63, 3.8) is 0 Å². The van der Waals surface area contributed by atoms with Crippen LogP contribution in [0.5, 0.6) is 0 Å². The molecule has 0 amide bonds. The molecule has 4 rings (SSSR count). The Morgan fingerprint density at radius 3 is 2.29 bits per heavy atom. The molecule has 0 saturated carbocycles. The Kier molecular flexibility index (Phi) is 3.12. The lowest BCUT2D eigenvalue weighted by Crippen LogP contribution is -2.34. The van der Waals surface area contributed by atoms with E-state index >= 15 is 0 Å². The third kappa shape index (κ3) is 2.20. The van der Waals surface area contributed by atoms with Crippen molar-refractivity contribution in [3.05, 3.63) is 48.0 Å². The van der Waals surface area contributed by atoms with Gasteiger partial charge in [-0.2, -0.15) is 0 Å². The number of rotatable bonds is 3. The Labute approximate surface area is 125 Å². The normalized spacial score (nSPS) is 16.8. The first-order chi connectivity index (χ1) is 10.3. The first-order valence-corrected chi connectivity index (χ1v) is 7.82. The van der Waals surface area contributed by atoms with Gasteiger partial charge >= 0.3 is 0 Å². The molecular weight excluding hydrogens is 258 g/mol. The lowest BCUT2D eigenvalue weighted by molar-refractivity contribution is 0.0916. The number of hydrogen-bond donors (Lipinski definition) is 0. The average molecular weight is 277 g/mol. The van der Waals surface area contributed by atoms with Gasteiger partial charge in [0.15, 0.2) is 5.78 Å². The molecule has 0 spiro atoms. The minimum Gasteiger partial charge on any atom is -0.296 e. The van der Waals surface area contributed by atoms with Crippen LogP contribution in [0.3, 0.4) is 0 Å². The number of carbonyl (C=O) groups excluding carboxylic acids is 1. The molecule has 0 aromatic heterocycles. The van der Waals surface area contributed by atoms with Crippen molar-refractivity contribution >= 4 is 5.78 Å². The van der Waals surface area contributed by atoms with Gasteiger partial charge in [0.2, 0.25) is 0 Å². The van der Waals surface area contributed by atoms with Crippen molar-refractivity contribution < 1.29 is 4.79 Å². The van der Waals surface area contributed by atoms with E-state index in [1.807, 2.05) is 6.07 Å². The summed E-state index contributed by atoms with van der Waals surface area (Å²) in [6.45, 7) is 2.71. The van der Waals surface area contributed by atoms with E-state index in [9.17, 15) is 4.79 Å². The van der Waals surface area contributed by atoms with E-state index in [0.717, 1.165) is 18.7 Å². The topological polar surface area (TPSA) is 20.3 Å². The molecular formula is C19H19NO. The van der Waals surface area contributed by atoms with E-state index in [1.54, 1.807) is 0 Å². The van der Waals surface area contributed by atoms with Gasteiger partial charge in [-0.05, 0) is 54.3 Å². The third-order valence-corrected chi connectivity index (χ3v) is 4.66. The highest BCUT2D eigenvalue weighted by molar-refractivity contribution is 6.06. The van der Waals surface area contributed by atoms with E-state index < -0.39 is 0 Å². The van der Waals surface area contributed by atoms with Crippen LogP contribution in [0.1, 0.15) is 29.6 Å². The van der Waals surface area contributed by atoms with Crippen LogP contribution in [0.15, 0.2) is 42.5 Å². The van der Waals surface area contributed by atoms with E-state index in [2.05, 4.69) is 41.3 Å². The monoisotopic (exact) mass is 277 g/mol. The fourth-order valence-corrected chi connectivity index (χ4v) is 3.48. The number of Topliss-reactive ketones (excluding diaryl/α,β-unsaturated/α-hetero) is 1. The smallest absolute Gasteiger partial charge is 0.176 e. The number of fused-ring (bicyclic) bond motifs is 4. The summed E-state index contributed by atoms with van der Waals surface area (Å²) in [6.07, 6.45) is 3.76. The number of nitrogens with zero attached hydrogens (tertiary/aromatic N) is 1. The summed E-state index contributed by atoms with van der Waals surface area (Å²) in [5.74, 6) is 0.254. The van der Waals surface area contributed by atoms with Gasteiger partial charge in [-0.25, -0.2) is 0 Å². The summed E-state index contributed by atoms with van der Waals surface area (Å²) in [6, 6.07) is 14.6. The number of hydrogen-bond acceptors (Lipinski definition) is 2. The summed E-state index contributed by atoms with van der Waals surface area (Å²) in [4.78, 5) is 14.8. The molecule has 1 fully saturated rings. The zero-order valence-corrected chi connectivity index (χ0v) is 12.1. The van der Waals surface area contributed by atoms with Crippen LogP contribution in [0.25, 0.3) is 22.3 Å². The summed E-state index contributed by atoms with van der Waals surface area (Å²) < 4.78 is 0. The molecule has 1 heterocycles. The summed E-state index contributed by atoms with van der Waals surface area (Å²) in [7, 11) is 0. The number of ketones is 1. The van der Waals surface area contributed by atoms with Crippen molar-refractivity contribution in [2.45, 2.75) is 19.3 Å². The van der Waals surface area contributed by atoms with Crippen LogP contribution in [-0.2, 0) is 0 Å². The van der Waals surface area contributed by atoms with Gasteiger partial charge in [0.25, 0.3) is 0 Å². The summed E-state index contributed by atoms with van der Waals surface area (Å²) in [5, 5.41) is 0. The van der Waals surface area contributed by atoms with Crippen molar-refractivity contribution in [3.8, 4) is 22.3 Å². The van der Waals surface area contributed by atoms with Crippen LogP contribution in [0.2, 0.25) is 0 Å². The first-order valence-electron chi connectivity index (χ1n) is 7.82. The molecule has 1 saturated heterocycles. The summed E-state index contributed by atoms with van der Waals surface area (Å²) in [5.41, 5.74) is 5.95. The minimum absolute atomic E-state index is 0.254. The molecule has 106 valence electrons. The lowest BCUT2D eigenvalue weighted by Gasteiger charge is -2.27. The van der Waals surface area contributed by atoms with Gasteiger partial charge in [0.1, 0.15) is 0 Å². The maximum absolute atomic E-state index is 12.5. The van der Waals surface area contributed by atoms with Gasteiger partial charge in [-0.3, -0.25) is 9.69 Å². The van der Waals surface area contributed by atoms with Gasteiger partial charge < -0.3 is 0 Å². The molecule has 0 unspecified atom stereocenters. The maximum atomic E-state index is 12.5. The predicted molar refractivity (Wildman–Crippen MR) is 85.5 cm³/mol. The highest BCUT2D eigenvalue weighted by atomic mass is 16.1. The maximum Gasteiger partial charge on any atom is 0.176 e. The van der Waals surface area contributed by atoms with Gasteiger partial charge in [-0.15, -0.1) is 0 Å². The molecule has 0 N–H and O–H groups in total. The second-order valence-corrected chi connectivity index (χ2v) is 6.07. The third-order valence-electron chi connectivity index (χ3n) is 4.66.